The second-order valence-corrected chi connectivity index (χ2v) is 6.80. The number of ketones is 1. The molecule has 31 heavy (non-hydrogen) atoms. The molecule has 11 heteroatoms. The van der Waals surface area contributed by atoms with Gasteiger partial charge in [0.15, 0.2) is 5.82 Å². The maximum Gasteiger partial charge on any atom is 0.354 e. The van der Waals surface area contributed by atoms with Gasteiger partial charge in [0, 0.05) is 35.3 Å². The molecule has 0 aliphatic rings. The highest BCUT2D eigenvalue weighted by atomic mass is 32.2. The third-order valence-electron chi connectivity index (χ3n) is 4.27. The summed E-state index contributed by atoms with van der Waals surface area (Å²) in [7, 11) is 0. The molecule has 3 rings (SSSR count). The molecule has 2 aromatic heterocycles. The maximum atomic E-state index is 14.7. The third-order valence-corrected chi connectivity index (χ3v) is 4.68. The lowest BCUT2D eigenvalue weighted by Crippen LogP contribution is -2.19. The Morgan fingerprint density at radius 3 is 2.42 bits per heavy atom. The lowest BCUT2D eigenvalue weighted by atomic mass is 9.98. The second kappa shape index (κ2) is 8.88. The van der Waals surface area contributed by atoms with Gasteiger partial charge in [-0.15, -0.1) is 0 Å². The van der Waals surface area contributed by atoms with E-state index in [4.69, 9.17) is 16.2 Å². The van der Waals surface area contributed by atoms with E-state index in [1.165, 1.54) is 30.6 Å². The summed E-state index contributed by atoms with van der Waals surface area (Å²) in [6.45, 7) is 0. The van der Waals surface area contributed by atoms with E-state index >= 15 is 0 Å². The van der Waals surface area contributed by atoms with Crippen LogP contribution in [0.1, 0.15) is 26.4 Å². The Morgan fingerprint density at radius 2 is 1.81 bits per heavy atom. The largest absolute Gasteiger partial charge is 0.477 e. The van der Waals surface area contributed by atoms with E-state index in [2.05, 4.69) is 14.7 Å². The number of rotatable bonds is 7. The van der Waals surface area contributed by atoms with Crippen molar-refractivity contribution in [1.29, 1.82) is 5.41 Å². The lowest BCUT2D eigenvalue weighted by molar-refractivity contribution is 0.0690. The van der Waals surface area contributed by atoms with Gasteiger partial charge in [0.25, 0.3) is 0 Å². The minimum absolute atomic E-state index is 0.0621. The van der Waals surface area contributed by atoms with Gasteiger partial charge in [0.05, 0.1) is 5.56 Å². The number of carboxylic acids is 1. The number of nitrogen functional groups attached to an aromatic ring is 1. The van der Waals surface area contributed by atoms with Gasteiger partial charge >= 0.3 is 5.97 Å². The Balaban J connectivity index is 1.98. The molecule has 0 amide bonds. The summed E-state index contributed by atoms with van der Waals surface area (Å²) < 4.78 is 30.9. The van der Waals surface area contributed by atoms with Crippen molar-refractivity contribution in [3.63, 3.8) is 0 Å². The molecular formula is C20H15F2N5O3S. The SMILES string of the molecule is CSNc1c(F)ccc(C(=O)C(=N)c2cc(-c3ccc(C(=O)O)nc3)cnc2N)c1F. The number of aromatic nitrogens is 2. The van der Waals surface area contributed by atoms with Gasteiger partial charge in [-0.1, -0.05) is 18.0 Å². The maximum absolute atomic E-state index is 14.7. The second-order valence-electron chi connectivity index (χ2n) is 6.19. The van der Waals surface area contributed by atoms with E-state index < -0.39 is 40.3 Å². The molecule has 5 N–H and O–H groups in total. The van der Waals surface area contributed by atoms with Gasteiger partial charge < -0.3 is 15.6 Å². The third kappa shape index (κ3) is 4.36. The number of nitrogens with one attached hydrogen (secondary N) is 2. The zero-order valence-electron chi connectivity index (χ0n) is 15.9. The van der Waals surface area contributed by atoms with Crippen molar-refractivity contribution < 1.29 is 23.5 Å². The van der Waals surface area contributed by atoms with Crippen LogP contribution in [0.3, 0.4) is 0 Å². The first-order valence-corrected chi connectivity index (χ1v) is 9.83. The molecule has 0 saturated heterocycles. The molecule has 0 aliphatic heterocycles. The summed E-state index contributed by atoms with van der Waals surface area (Å²) in [6, 6.07) is 6.05. The Bertz CT molecular complexity index is 1200. The number of pyridine rings is 2. The molecule has 8 nitrogen and oxygen atoms in total. The molecule has 0 atom stereocenters. The summed E-state index contributed by atoms with van der Waals surface area (Å²) >= 11 is 0.945. The highest BCUT2D eigenvalue weighted by molar-refractivity contribution is 7.99. The van der Waals surface area contributed by atoms with Gasteiger partial charge in [0.1, 0.15) is 28.7 Å². The van der Waals surface area contributed by atoms with E-state index in [9.17, 15) is 18.4 Å². The number of benzene rings is 1. The Kier molecular flexibility index (Phi) is 6.25. The standard InChI is InChI=1S/C20H15F2N5O3S/c1-31-27-17-13(21)4-3-11(15(17)22)18(28)16(23)12-6-10(8-26-19(12)24)9-2-5-14(20(29)30)25-7-9/h2-8,23,27H,1H3,(H2,24,26)(H,29,30). The summed E-state index contributed by atoms with van der Waals surface area (Å²) in [5.74, 6) is -4.34. The summed E-state index contributed by atoms with van der Waals surface area (Å²) in [4.78, 5) is 31.5. The van der Waals surface area contributed by atoms with Gasteiger partial charge in [-0.2, -0.15) is 0 Å². The van der Waals surface area contributed by atoms with Crippen molar-refractivity contribution in [2.24, 2.45) is 0 Å². The van der Waals surface area contributed by atoms with Crippen LogP contribution in [0.15, 0.2) is 42.7 Å². The molecule has 2 heterocycles. The zero-order chi connectivity index (χ0) is 22.7. The number of aromatic carboxylic acids is 1. The van der Waals surface area contributed by atoms with Crippen LogP contribution >= 0.6 is 11.9 Å². The van der Waals surface area contributed by atoms with Crippen molar-refractivity contribution in [2.45, 2.75) is 0 Å². The number of hydrogen-bond donors (Lipinski definition) is 4. The van der Waals surface area contributed by atoms with E-state index in [1.54, 1.807) is 6.26 Å². The van der Waals surface area contributed by atoms with Gasteiger partial charge in [-0.25, -0.2) is 23.5 Å². The van der Waals surface area contributed by atoms with Gasteiger partial charge in [0.2, 0.25) is 5.78 Å². The fourth-order valence-corrected chi connectivity index (χ4v) is 3.10. The molecular weight excluding hydrogens is 428 g/mol. The van der Waals surface area contributed by atoms with E-state index in [0.29, 0.717) is 11.1 Å². The number of hydrogen-bond acceptors (Lipinski definition) is 8. The summed E-state index contributed by atoms with van der Waals surface area (Å²) in [5.41, 5.74) is 4.86. The number of anilines is 2. The molecule has 3 aromatic rings. The smallest absolute Gasteiger partial charge is 0.354 e. The quantitative estimate of drug-likeness (QED) is 0.246. The molecule has 0 aliphatic carbocycles. The minimum Gasteiger partial charge on any atom is -0.477 e. The fraction of sp³-hybridized carbons (Fsp3) is 0.0500. The van der Waals surface area contributed by atoms with E-state index in [1.807, 2.05) is 0 Å². The fourth-order valence-electron chi connectivity index (χ4n) is 2.71. The van der Waals surface area contributed by atoms with Crippen LogP contribution in [0.25, 0.3) is 11.1 Å². The number of halogens is 2. The first-order valence-electron chi connectivity index (χ1n) is 8.60. The topological polar surface area (TPSA) is 142 Å². The first kappa shape index (κ1) is 21.8. The molecule has 158 valence electrons. The number of Topliss-reactive ketones (excluding diaryl/α,β-unsaturated/α-hetero) is 1. The Morgan fingerprint density at radius 1 is 1.10 bits per heavy atom. The average Bonchev–Trinajstić information content (AvgIpc) is 2.76. The van der Waals surface area contributed by atoms with Crippen molar-refractivity contribution in [3.05, 3.63) is 71.2 Å². The van der Waals surface area contributed by atoms with Crippen molar-refractivity contribution in [3.8, 4) is 11.1 Å². The van der Waals surface area contributed by atoms with Crippen LogP contribution in [0.2, 0.25) is 0 Å². The highest BCUT2D eigenvalue weighted by Crippen LogP contribution is 2.27. The molecule has 1 aromatic carbocycles. The van der Waals surface area contributed by atoms with E-state index in [0.717, 1.165) is 24.1 Å². The predicted octanol–water partition coefficient (Wildman–Crippen LogP) is 3.64. The van der Waals surface area contributed by atoms with Crippen molar-refractivity contribution in [2.75, 3.05) is 16.7 Å². The summed E-state index contributed by atoms with van der Waals surface area (Å²) in [6.07, 6.45) is 4.23. The van der Waals surface area contributed by atoms with Crippen LogP contribution in [0.4, 0.5) is 20.3 Å². The van der Waals surface area contributed by atoms with Gasteiger partial charge in [-0.3, -0.25) is 10.2 Å². The lowest BCUT2D eigenvalue weighted by Gasteiger charge is -2.12. The summed E-state index contributed by atoms with van der Waals surface area (Å²) in [5, 5.41) is 17.2. The average molecular weight is 443 g/mol. The zero-order valence-corrected chi connectivity index (χ0v) is 16.8. The number of nitrogens with two attached hydrogens (primary N) is 1. The molecule has 0 unspecified atom stereocenters. The predicted molar refractivity (Wildman–Crippen MR) is 113 cm³/mol. The minimum atomic E-state index is -1.19. The van der Waals surface area contributed by atoms with Crippen LogP contribution in [0.5, 0.6) is 0 Å². The van der Waals surface area contributed by atoms with Crippen molar-refractivity contribution in [1.82, 2.24) is 9.97 Å². The molecule has 0 bridgehead atoms. The monoisotopic (exact) mass is 443 g/mol. The highest BCUT2D eigenvalue weighted by Gasteiger charge is 2.24. The molecule has 0 spiro atoms. The molecule has 0 radical (unpaired) electrons. The van der Waals surface area contributed by atoms with Crippen LogP contribution < -0.4 is 10.5 Å². The number of carboxylic acid groups (broad SMARTS) is 1. The Hall–Kier alpha value is -3.86. The number of carbonyl (C=O) groups is 2. The van der Waals surface area contributed by atoms with Crippen molar-refractivity contribution >= 4 is 40.9 Å². The number of nitrogens with zero attached hydrogens (tertiary/aromatic N) is 2. The van der Waals surface area contributed by atoms with Crippen LogP contribution in [0, 0.1) is 17.0 Å². The molecule has 0 saturated carbocycles. The first-order chi connectivity index (χ1) is 14.7. The normalized spacial score (nSPS) is 10.5. The van der Waals surface area contributed by atoms with Crippen LogP contribution in [-0.2, 0) is 0 Å². The number of carbonyl (C=O) groups excluding carboxylic acids is 1. The molecule has 0 fully saturated rings. The van der Waals surface area contributed by atoms with E-state index in [-0.39, 0.29) is 17.1 Å². The van der Waals surface area contributed by atoms with Gasteiger partial charge in [-0.05, 0) is 24.3 Å². The van der Waals surface area contributed by atoms with Crippen LogP contribution in [-0.4, -0.2) is 38.8 Å². The Labute approximate surface area is 179 Å².